The third-order valence-corrected chi connectivity index (χ3v) is 0. The standard InChI is InChI=1S/2C4H10.C3H8.2CH3NOS/c2*1-4(2)3;1-3-2;2*2-1(3)4/h2*4H,1-3H3;3H2,1-2H3;2*(H3,2,3,4). The highest BCUT2D eigenvalue weighted by molar-refractivity contribution is 7.80. The number of nitrogens with two attached hydrogens (primary N) is 2. The number of hydrogen-bond donors (Lipinski definition) is 4. The molecule has 4 nitrogen and oxygen atoms in total. The lowest BCUT2D eigenvalue weighted by molar-refractivity contribution is 0.559. The molecule has 0 heterocycles. The van der Waals surface area contributed by atoms with Crippen molar-refractivity contribution in [2.75, 3.05) is 0 Å². The zero-order valence-corrected chi connectivity index (χ0v) is 15.4. The molecular weight excluding hydrogens is 280 g/mol. The SMILES string of the molecule is CC(C)C.CC(C)C.CCC.NC(O)=S.NC(O)=S. The maximum Gasteiger partial charge on any atom is 0.251 e. The van der Waals surface area contributed by atoms with Gasteiger partial charge >= 0.3 is 0 Å². The van der Waals surface area contributed by atoms with E-state index in [4.69, 9.17) is 10.2 Å². The van der Waals surface area contributed by atoms with Gasteiger partial charge in [0.05, 0.1) is 0 Å². The molecule has 0 spiro atoms. The van der Waals surface area contributed by atoms with Crippen LogP contribution >= 0.6 is 24.4 Å². The first kappa shape index (κ1) is 31.0. The zero-order valence-electron chi connectivity index (χ0n) is 13.7. The molecule has 0 aliphatic heterocycles. The molecule has 0 saturated carbocycles. The predicted octanol–water partition coefficient (Wildman–Crippen LogP) is 4.32. The van der Waals surface area contributed by atoms with Crippen molar-refractivity contribution in [2.45, 2.75) is 61.8 Å². The van der Waals surface area contributed by atoms with Gasteiger partial charge in [-0.15, -0.1) is 0 Å². The molecule has 0 amide bonds. The second kappa shape index (κ2) is 30.4. The molecule has 0 bridgehead atoms. The molecule has 0 aromatic rings. The lowest BCUT2D eigenvalue weighted by Gasteiger charge is -1.79. The van der Waals surface area contributed by atoms with Crippen LogP contribution in [0.3, 0.4) is 0 Å². The van der Waals surface area contributed by atoms with Gasteiger partial charge < -0.3 is 21.7 Å². The summed E-state index contributed by atoms with van der Waals surface area (Å²) in [5.74, 6) is 1.67. The second-order valence-electron chi connectivity index (χ2n) is 4.85. The van der Waals surface area contributed by atoms with Crippen LogP contribution in [0.2, 0.25) is 0 Å². The Bertz CT molecular complexity index is 145. The summed E-state index contributed by atoms with van der Waals surface area (Å²) in [6, 6.07) is 0. The van der Waals surface area contributed by atoms with E-state index >= 15 is 0 Å². The van der Waals surface area contributed by atoms with Crippen molar-refractivity contribution in [3.05, 3.63) is 0 Å². The zero-order chi connectivity index (χ0) is 17.0. The van der Waals surface area contributed by atoms with Crippen molar-refractivity contribution in [2.24, 2.45) is 23.3 Å². The Morgan fingerprint density at radius 1 is 0.789 bits per heavy atom. The largest absolute Gasteiger partial charge is 0.487 e. The lowest BCUT2D eigenvalue weighted by Crippen LogP contribution is -2.03. The van der Waals surface area contributed by atoms with Gasteiger partial charge in [0.1, 0.15) is 0 Å². The van der Waals surface area contributed by atoms with Crippen LogP contribution in [-0.4, -0.2) is 20.6 Å². The van der Waals surface area contributed by atoms with E-state index in [1.165, 1.54) is 6.42 Å². The fraction of sp³-hybridized carbons (Fsp3) is 0.846. The summed E-state index contributed by atoms with van der Waals surface area (Å²) >= 11 is 7.74. The smallest absolute Gasteiger partial charge is 0.251 e. The molecule has 6 N–H and O–H groups in total. The highest BCUT2D eigenvalue weighted by atomic mass is 32.1. The van der Waals surface area contributed by atoms with Gasteiger partial charge in [-0.2, -0.15) is 0 Å². The average Bonchev–Trinajstić information content (AvgIpc) is 1.97. The van der Waals surface area contributed by atoms with E-state index in [1.807, 2.05) is 0 Å². The summed E-state index contributed by atoms with van der Waals surface area (Å²) in [7, 11) is 0. The van der Waals surface area contributed by atoms with E-state index < -0.39 is 10.3 Å². The Labute approximate surface area is 130 Å². The van der Waals surface area contributed by atoms with Crippen molar-refractivity contribution >= 4 is 34.8 Å². The monoisotopic (exact) mass is 314 g/mol. The minimum atomic E-state index is -0.500. The van der Waals surface area contributed by atoms with Crippen molar-refractivity contribution in [1.29, 1.82) is 0 Å². The van der Waals surface area contributed by atoms with Crippen molar-refractivity contribution in [3.63, 3.8) is 0 Å². The van der Waals surface area contributed by atoms with Crippen LogP contribution in [0.1, 0.15) is 61.8 Å². The summed E-state index contributed by atoms with van der Waals surface area (Å²) in [4.78, 5) is 0. The summed E-state index contributed by atoms with van der Waals surface area (Å²) in [6.07, 6.45) is 1.25. The molecule has 0 unspecified atom stereocenters. The predicted molar refractivity (Wildman–Crippen MR) is 95.8 cm³/mol. The van der Waals surface area contributed by atoms with Crippen molar-refractivity contribution in [1.82, 2.24) is 0 Å². The topological polar surface area (TPSA) is 92.5 Å². The number of hydrogen-bond acceptors (Lipinski definition) is 2. The molecule has 120 valence electrons. The van der Waals surface area contributed by atoms with Gasteiger partial charge in [-0.25, -0.2) is 0 Å². The van der Waals surface area contributed by atoms with Crippen LogP contribution in [0, 0.1) is 11.8 Å². The number of aliphatic hydroxyl groups excluding tert-OH is 2. The molecule has 0 fully saturated rings. The summed E-state index contributed by atoms with van der Waals surface area (Å²) in [6.45, 7) is 17.2. The Morgan fingerprint density at radius 2 is 0.789 bits per heavy atom. The van der Waals surface area contributed by atoms with Crippen LogP contribution < -0.4 is 11.5 Å². The fourth-order valence-electron chi connectivity index (χ4n) is 0. The van der Waals surface area contributed by atoms with E-state index in [-0.39, 0.29) is 0 Å². The maximum atomic E-state index is 7.56. The van der Waals surface area contributed by atoms with Gasteiger partial charge in [-0.1, -0.05) is 61.8 Å². The van der Waals surface area contributed by atoms with Gasteiger partial charge in [-0.05, 0) is 36.3 Å². The van der Waals surface area contributed by atoms with Gasteiger partial charge in [0.2, 0.25) is 0 Å². The van der Waals surface area contributed by atoms with Gasteiger partial charge in [0, 0.05) is 0 Å². The summed E-state index contributed by atoms with van der Waals surface area (Å²) in [5.41, 5.74) is 8.80. The third-order valence-electron chi connectivity index (χ3n) is 0. The van der Waals surface area contributed by atoms with Crippen LogP contribution in [0.5, 0.6) is 0 Å². The van der Waals surface area contributed by atoms with Crippen molar-refractivity contribution in [3.8, 4) is 0 Å². The van der Waals surface area contributed by atoms with E-state index in [2.05, 4.69) is 91.3 Å². The summed E-state index contributed by atoms with van der Waals surface area (Å²) < 4.78 is 0. The first-order valence-corrected chi connectivity index (χ1v) is 7.13. The van der Waals surface area contributed by atoms with Crippen LogP contribution in [-0.2, 0) is 0 Å². The van der Waals surface area contributed by atoms with Crippen LogP contribution in [0.4, 0.5) is 0 Å². The Balaban J connectivity index is -0.0000000432. The molecule has 0 rings (SSSR count). The molecule has 0 aromatic heterocycles. The molecule has 0 atom stereocenters. The van der Waals surface area contributed by atoms with Gasteiger partial charge in [0.25, 0.3) is 10.3 Å². The van der Waals surface area contributed by atoms with E-state index in [9.17, 15) is 0 Å². The molecule has 0 radical (unpaired) electrons. The molecule has 0 saturated heterocycles. The van der Waals surface area contributed by atoms with Crippen LogP contribution in [0.15, 0.2) is 0 Å². The van der Waals surface area contributed by atoms with Crippen LogP contribution in [0.25, 0.3) is 0 Å². The minimum Gasteiger partial charge on any atom is -0.487 e. The minimum absolute atomic E-state index is 0.500. The van der Waals surface area contributed by atoms with Gasteiger partial charge in [0.15, 0.2) is 0 Å². The Hall–Kier alpha value is -0.620. The molecule has 0 aliphatic rings. The lowest BCUT2D eigenvalue weighted by atomic mass is 10.3. The fourth-order valence-corrected chi connectivity index (χ4v) is 0. The van der Waals surface area contributed by atoms with Crippen molar-refractivity contribution < 1.29 is 10.2 Å². The van der Waals surface area contributed by atoms with Gasteiger partial charge in [-0.3, -0.25) is 0 Å². The molecule has 6 heteroatoms. The van der Waals surface area contributed by atoms with E-state index in [1.54, 1.807) is 0 Å². The molecule has 0 aliphatic carbocycles. The van der Waals surface area contributed by atoms with E-state index in [0.717, 1.165) is 11.8 Å². The molecule has 0 aromatic carbocycles. The normalized spacial score (nSPS) is 7.26. The quantitative estimate of drug-likeness (QED) is 0.498. The maximum absolute atomic E-state index is 7.56. The molecule has 19 heavy (non-hydrogen) atoms. The first-order valence-electron chi connectivity index (χ1n) is 6.31. The third kappa shape index (κ3) is 10700. The van der Waals surface area contributed by atoms with E-state index in [0.29, 0.717) is 0 Å². The number of thiocarbonyl (C=S) groups is 2. The Kier molecular flexibility index (Phi) is 49.7. The highest BCUT2D eigenvalue weighted by Crippen LogP contribution is 1.81. The highest BCUT2D eigenvalue weighted by Gasteiger charge is 1.68. The number of rotatable bonds is 0. The average molecular weight is 315 g/mol. The molecular formula is C13H34N2O2S2. The second-order valence-corrected chi connectivity index (χ2v) is 5.68. The first-order chi connectivity index (χ1) is 8.34. The Morgan fingerprint density at radius 3 is 0.789 bits per heavy atom. The summed E-state index contributed by atoms with van der Waals surface area (Å²) in [5, 5.41) is 14.1. The number of aliphatic hydroxyl groups is 2.